The molecule has 142 valence electrons. The van der Waals surface area contributed by atoms with Crippen LogP contribution in [0.2, 0.25) is 0 Å². The molecule has 2 N–H and O–H groups in total. The van der Waals surface area contributed by atoms with Gasteiger partial charge in [0.25, 0.3) is 5.91 Å². The first-order valence-electron chi connectivity index (χ1n) is 8.41. The van der Waals surface area contributed by atoms with Crippen LogP contribution >= 0.6 is 11.3 Å². The maximum atomic E-state index is 12.5. The second-order valence-electron chi connectivity index (χ2n) is 6.21. The average molecular weight is 396 g/mol. The van der Waals surface area contributed by atoms with E-state index < -0.39 is 10.0 Å². The van der Waals surface area contributed by atoms with Gasteiger partial charge in [-0.3, -0.25) is 9.52 Å². The minimum absolute atomic E-state index is 0.0503. The summed E-state index contributed by atoms with van der Waals surface area (Å²) in [6.07, 6.45) is 0.532. The minimum Gasteiger partial charge on any atom is -0.350 e. The molecule has 0 saturated heterocycles. The van der Waals surface area contributed by atoms with E-state index in [1.165, 1.54) is 4.88 Å². The van der Waals surface area contributed by atoms with Crippen molar-refractivity contribution >= 4 is 33.0 Å². The Balaban J connectivity index is 2.04. The van der Waals surface area contributed by atoms with Crippen LogP contribution in [0.3, 0.4) is 0 Å². The van der Waals surface area contributed by atoms with Crippen molar-refractivity contribution in [3.8, 4) is 0 Å². The molecule has 0 saturated carbocycles. The third-order valence-corrected chi connectivity index (χ3v) is 6.29. The molecular formula is C18H25N3O3S2. The molecular weight excluding hydrogens is 370 g/mol. The van der Waals surface area contributed by atoms with E-state index in [4.69, 9.17) is 0 Å². The lowest BCUT2D eigenvalue weighted by molar-refractivity contribution is 0.0942. The van der Waals surface area contributed by atoms with Gasteiger partial charge in [0.1, 0.15) is 0 Å². The lowest BCUT2D eigenvalue weighted by Crippen LogP contribution is -2.34. The van der Waals surface area contributed by atoms with Gasteiger partial charge in [-0.2, -0.15) is 0 Å². The van der Waals surface area contributed by atoms with Crippen molar-refractivity contribution in [1.29, 1.82) is 0 Å². The normalized spacial score (nSPS) is 12.8. The molecule has 1 heterocycles. The number of carbonyl (C=O) groups excluding carboxylic acids is 1. The smallest absolute Gasteiger partial charge is 0.251 e. The van der Waals surface area contributed by atoms with Gasteiger partial charge in [0, 0.05) is 22.7 Å². The number of thiophene rings is 1. The molecule has 0 spiro atoms. The molecule has 1 aromatic heterocycles. The molecule has 6 nitrogen and oxygen atoms in total. The van der Waals surface area contributed by atoms with Gasteiger partial charge in [-0.25, -0.2) is 8.42 Å². The highest BCUT2D eigenvalue weighted by molar-refractivity contribution is 7.92. The van der Waals surface area contributed by atoms with Crippen LogP contribution in [0.25, 0.3) is 0 Å². The lowest BCUT2D eigenvalue weighted by Gasteiger charge is -2.23. The molecule has 0 bridgehead atoms. The zero-order valence-electron chi connectivity index (χ0n) is 15.2. The molecule has 0 fully saturated rings. The standard InChI is InChI=1S/C18H25N3O3S2/c1-4-11-26(23,24)20-15-8-5-7-14(12-15)18(22)19-13-16(21(2)3)17-9-6-10-25-17/h5-10,12,16,20H,4,11,13H2,1-3H3,(H,19,22). The van der Waals surface area contributed by atoms with Crippen LogP contribution in [0.1, 0.15) is 34.6 Å². The highest BCUT2D eigenvalue weighted by Gasteiger charge is 2.17. The van der Waals surface area contributed by atoms with Crippen molar-refractivity contribution < 1.29 is 13.2 Å². The summed E-state index contributed by atoms with van der Waals surface area (Å²) < 4.78 is 26.3. The summed E-state index contributed by atoms with van der Waals surface area (Å²) in [6, 6.07) is 10.7. The van der Waals surface area contributed by atoms with Gasteiger partial charge in [0.05, 0.1) is 11.8 Å². The number of rotatable bonds is 9. The molecule has 0 aliphatic carbocycles. The number of hydrogen-bond acceptors (Lipinski definition) is 5. The Bertz CT molecular complexity index is 818. The molecule has 0 radical (unpaired) electrons. The van der Waals surface area contributed by atoms with Crippen LogP contribution < -0.4 is 10.0 Å². The van der Waals surface area contributed by atoms with Crippen molar-refractivity contribution in [2.75, 3.05) is 31.1 Å². The second-order valence-corrected chi connectivity index (χ2v) is 9.03. The van der Waals surface area contributed by atoms with E-state index in [9.17, 15) is 13.2 Å². The Labute approximate surface area is 159 Å². The first-order chi connectivity index (χ1) is 12.3. The summed E-state index contributed by atoms with van der Waals surface area (Å²) in [5, 5.41) is 4.95. The van der Waals surface area contributed by atoms with Gasteiger partial charge >= 0.3 is 0 Å². The van der Waals surface area contributed by atoms with E-state index in [1.807, 2.05) is 31.6 Å². The maximum Gasteiger partial charge on any atom is 0.251 e. The van der Waals surface area contributed by atoms with Gasteiger partial charge in [-0.1, -0.05) is 19.1 Å². The van der Waals surface area contributed by atoms with Crippen molar-refractivity contribution in [2.24, 2.45) is 0 Å². The zero-order chi connectivity index (χ0) is 19.2. The zero-order valence-corrected chi connectivity index (χ0v) is 16.9. The molecule has 1 atom stereocenters. The number of amides is 1. The highest BCUT2D eigenvalue weighted by Crippen LogP contribution is 2.22. The van der Waals surface area contributed by atoms with E-state index in [0.717, 1.165) is 0 Å². The number of carbonyl (C=O) groups is 1. The fourth-order valence-electron chi connectivity index (χ4n) is 2.53. The Kier molecular flexibility index (Phi) is 7.19. The Morgan fingerprint density at radius 2 is 2.00 bits per heavy atom. The molecule has 0 aliphatic rings. The van der Waals surface area contributed by atoms with E-state index in [0.29, 0.717) is 24.2 Å². The van der Waals surface area contributed by atoms with Crippen LogP contribution in [0, 0.1) is 0 Å². The number of nitrogens with zero attached hydrogens (tertiary/aromatic N) is 1. The molecule has 0 aliphatic heterocycles. The van der Waals surface area contributed by atoms with Gasteiger partial charge in [-0.05, 0) is 50.2 Å². The number of anilines is 1. The number of hydrogen-bond donors (Lipinski definition) is 2. The minimum atomic E-state index is -3.38. The topological polar surface area (TPSA) is 78.5 Å². The first-order valence-corrected chi connectivity index (χ1v) is 10.9. The van der Waals surface area contributed by atoms with Crippen molar-refractivity contribution in [2.45, 2.75) is 19.4 Å². The van der Waals surface area contributed by atoms with E-state index in [1.54, 1.807) is 42.5 Å². The summed E-state index contributed by atoms with van der Waals surface area (Å²) in [4.78, 5) is 15.7. The predicted octanol–water partition coefficient (Wildman–Crippen LogP) is 2.93. The summed E-state index contributed by atoms with van der Waals surface area (Å²) >= 11 is 1.65. The van der Waals surface area contributed by atoms with Gasteiger partial charge in [0.15, 0.2) is 0 Å². The number of benzene rings is 1. The third-order valence-electron chi connectivity index (χ3n) is 3.82. The summed E-state index contributed by atoms with van der Waals surface area (Å²) in [7, 11) is 0.563. The second kappa shape index (κ2) is 9.16. The van der Waals surface area contributed by atoms with Crippen LogP contribution in [0.5, 0.6) is 0 Å². The van der Waals surface area contributed by atoms with Gasteiger partial charge in [0.2, 0.25) is 10.0 Å². The van der Waals surface area contributed by atoms with E-state index >= 15 is 0 Å². The quantitative estimate of drug-likeness (QED) is 0.684. The van der Waals surface area contributed by atoms with E-state index in [-0.39, 0.29) is 17.7 Å². The monoisotopic (exact) mass is 395 g/mol. The Morgan fingerprint density at radius 1 is 1.23 bits per heavy atom. The molecule has 1 aromatic carbocycles. The lowest BCUT2D eigenvalue weighted by atomic mass is 10.1. The summed E-state index contributed by atoms with van der Waals surface area (Å²) in [5.74, 6) is -0.181. The molecule has 1 amide bonds. The Morgan fingerprint density at radius 3 is 2.62 bits per heavy atom. The molecule has 2 rings (SSSR count). The van der Waals surface area contributed by atoms with Gasteiger partial charge in [-0.15, -0.1) is 11.3 Å². The van der Waals surface area contributed by atoms with Crippen LogP contribution in [0.4, 0.5) is 5.69 Å². The largest absolute Gasteiger partial charge is 0.350 e. The average Bonchev–Trinajstić information content (AvgIpc) is 3.08. The first kappa shape index (κ1) is 20.4. The number of likely N-dealkylation sites (N-methyl/N-ethyl adjacent to an activating group) is 1. The molecule has 1 unspecified atom stereocenters. The third kappa shape index (κ3) is 5.82. The van der Waals surface area contributed by atoms with Crippen LogP contribution in [-0.2, 0) is 10.0 Å². The van der Waals surface area contributed by atoms with Gasteiger partial charge < -0.3 is 10.2 Å². The highest BCUT2D eigenvalue weighted by atomic mass is 32.2. The molecule has 26 heavy (non-hydrogen) atoms. The summed E-state index contributed by atoms with van der Waals surface area (Å²) in [5.41, 5.74) is 0.818. The number of sulfonamides is 1. The van der Waals surface area contributed by atoms with Crippen molar-refractivity contribution in [3.05, 3.63) is 52.2 Å². The fraction of sp³-hybridized carbons (Fsp3) is 0.389. The van der Waals surface area contributed by atoms with Crippen molar-refractivity contribution in [3.63, 3.8) is 0 Å². The fourth-order valence-corrected chi connectivity index (χ4v) is 4.58. The van der Waals surface area contributed by atoms with Crippen LogP contribution in [-0.4, -0.2) is 45.6 Å². The Hall–Kier alpha value is -1.90. The number of nitrogens with one attached hydrogen (secondary N) is 2. The predicted molar refractivity (Wildman–Crippen MR) is 107 cm³/mol. The van der Waals surface area contributed by atoms with Crippen molar-refractivity contribution in [1.82, 2.24) is 10.2 Å². The SMILES string of the molecule is CCCS(=O)(=O)Nc1cccc(C(=O)NCC(c2cccs2)N(C)C)c1. The molecule has 8 heteroatoms. The molecule has 2 aromatic rings. The van der Waals surface area contributed by atoms with E-state index in [2.05, 4.69) is 14.9 Å². The van der Waals surface area contributed by atoms with Crippen LogP contribution in [0.15, 0.2) is 41.8 Å². The maximum absolute atomic E-state index is 12.5. The summed E-state index contributed by atoms with van der Waals surface area (Å²) in [6.45, 7) is 2.27.